The molecule has 11 heavy (non-hydrogen) atoms. The molecule has 2 rings (SSSR count). The van der Waals surface area contributed by atoms with Crippen molar-refractivity contribution in [2.24, 2.45) is 22.7 Å². The standard InChI is InChI=1S/C11H20/c1-10(2,3)9-6-5-8-7-11(8,9)4/h8-9H,5-7H2,1-4H3. The SMILES string of the molecule is CC(C)(C)C1CCC2CC21C. The third-order valence-corrected chi connectivity index (χ3v) is 4.10. The van der Waals surface area contributed by atoms with E-state index in [1.54, 1.807) is 0 Å². The zero-order valence-electron chi connectivity index (χ0n) is 8.28. The van der Waals surface area contributed by atoms with Gasteiger partial charge in [-0.1, -0.05) is 27.7 Å². The molecule has 0 bridgehead atoms. The summed E-state index contributed by atoms with van der Waals surface area (Å²) in [6, 6.07) is 0. The highest BCUT2D eigenvalue weighted by Gasteiger charge is 2.61. The molecule has 0 aromatic heterocycles. The Morgan fingerprint density at radius 3 is 2.00 bits per heavy atom. The van der Waals surface area contributed by atoms with Crippen molar-refractivity contribution in [2.45, 2.75) is 47.0 Å². The molecule has 3 unspecified atom stereocenters. The van der Waals surface area contributed by atoms with Crippen LogP contribution in [0.1, 0.15) is 47.0 Å². The highest BCUT2D eigenvalue weighted by molar-refractivity contribution is 5.10. The van der Waals surface area contributed by atoms with Gasteiger partial charge in [0.15, 0.2) is 0 Å². The molecule has 0 spiro atoms. The van der Waals surface area contributed by atoms with E-state index in [9.17, 15) is 0 Å². The van der Waals surface area contributed by atoms with Crippen molar-refractivity contribution in [2.75, 3.05) is 0 Å². The van der Waals surface area contributed by atoms with Crippen LogP contribution in [0, 0.1) is 22.7 Å². The highest BCUT2D eigenvalue weighted by Crippen LogP contribution is 2.69. The van der Waals surface area contributed by atoms with E-state index in [1.165, 1.54) is 19.3 Å². The lowest BCUT2D eigenvalue weighted by Gasteiger charge is -2.33. The van der Waals surface area contributed by atoms with E-state index >= 15 is 0 Å². The van der Waals surface area contributed by atoms with Crippen LogP contribution in [0.5, 0.6) is 0 Å². The minimum Gasteiger partial charge on any atom is -0.0599 e. The Balaban J connectivity index is 2.16. The Hall–Kier alpha value is 0. The minimum atomic E-state index is 0.556. The second kappa shape index (κ2) is 1.84. The molecule has 0 heteroatoms. The lowest BCUT2D eigenvalue weighted by Crippen LogP contribution is -2.25. The summed E-state index contributed by atoms with van der Waals surface area (Å²) in [6.45, 7) is 9.72. The van der Waals surface area contributed by atoms with Crippen molar-refractivity contribution in [1.82, 2.24) is 0 Å². The predicted molar refractivity (Wildman–Crippen MR) is 48.4 cm³/mol. The van der Waals surface area contributed by atoms with E-state index in [-0.39, 0.29) is 0 Å². The predicted octanol–water partition coefficient (Wildman–Crippen LogP) is 3.47. The molecule has 0 aromatic rings. The summed E-state index contributed by atoms with van der Waals surface area (Å²) in [6.07, 6.45) is 4.53. The van der Waals surface area contributed by atoms with Crippen molar-refractivity contribution >= 4 is 0 Å². The smallest absolute Gasteiger partial charge is 0.0261 e. The third-order valence-electron chi connectivity index (χ3n) is 4.10. The molecule has 0 nitrogen and oxygen atoms in total. The summed E-state index contributed by atoms with van der Waals surface area (Å²) in [5.74, 6) is 2.10. The van der Waals surface area contributed by atoms with Crippen LogP contribution < -0.4 is 0 Å². The Labute approximate surface area is 70.4 Å². The van der Waals surface area contributed by atoms with Gasteiger partial charge in [0.25, 0.3) is 0 Å². The van der Waals surface area contributed by atoms with E-state index in [2.05, 4.69) is 27.7 Å². The van der Waals surface area contributed by atoms with Crippen LogP contribution in [-0.4, -0.2) is 0 Å². The maximum atomic E-state index is 2.50. The van der Waals surface area contributed by atoms with Gasteiger partial charge >= 0.3 is 0 Å². The average Bonchev–Trinajstić information content (AvgIpc) is 2.32. The van der Waals surface area contributed by atoms with Crippen molar-refractivity contribution in [3.05, 3.63) is 0 Å². The van der Waals surface area contributed by atoms with Crippen LogP contribution in [0.2, 0.25) is 0 Å². The fraction of sp³-hybridized carbons (Fsp3) is 1.00. The molecule has 0 saturated heterocycles. The molecule has 3 atom stereocenters. The van der Waals surface area contributed by atoms with Crippen molar-refractivity contribution < 1.29 is 0 Å². The van der Waals surface area contributed by atoms with Gasteiger partial charge in [0, 0.05) is 0 Å². The molecule has 2 fully saturated rings. The molecular weight excluding hydrogens is 132 g/mol. The fourth-order valence-electron chi connectivity index (χ4n) is 3.45. The van der Waals surface area contributed by atoms with Gasteiger partial charge < -0.3 is 0 Å². The molecule has 0 heterocycles. The molecule has 0 aliphatic heterocycles. The molecule has 0 radical (unpaired) electrons. The van der Waals surface area contributed by atoms with Gasteiger partial charge in [-0.05, 0) is 41.9 Å². The third kappa shape index (κ3) is 0.947. The fourth-order valence-corrected chi connectivity index (χ4v) is 3.45. The summed E-state index contributed by atoms with van der Waals surface area (Å²) in [5, 5.41) is 0. The van der Waals surface area contributed by atoms with Gasteiger partial charge in [0.05, 0.1) is 0 Å². The molecule has 64 valence electrons. The van der Waals surface area contributed by atoms with Crippen LogP contribution in [-0.2, 0) is 0 Å². The molecule has 0 aromatic carbocycles. The van der Waals surface area contributed by atoms with Crippen molar-refractivity contribution in [3.63, 3.8) is 0 Å². The van der Waals surface area contributed by atoms with Crippen LogP contribution in [0.25, 0.3) is 0 Å². The van der Waals surface area contributed by atoms with Gasteiger partial charge in [-0.2, -0.15) is 0 Å². The Kier molecular flexibility index (Phi) is 1.28. The zero-order valence-corrected chi connectivity index (χ0v) is 8.28. The Morgan fingerprint density at radius 1 is 1.18 bits per heavy atom. The second-order valence-corrected chi connectivity index (χ2v) is 5.90. The zero-order chi connectivity index (χ0) is 8.28. The van der Waals surface area contributed by atoms with Gasteiger partial charge in [0.1, 0.15) is 0 Å². The van der Waals surface area contributed by atoms with E-state index in [4.69, 9.17) is 0 Å². The van der Waals surface area contributed by atoms with Gasteiger partial charge in [-0.15, -0.1) is 0 Å². The minimum absolute atomic E-state index is 0.556. The molecule has 2 aliphatic carbocycles. The van der Waals surface area contributed by atoms with Crippen molar-refractivity contribution in [1.29, 1.82) is 0 Å². The number of fused-ring (bicyclic) bond motifs is 1. The first-order valence-electron chi connectivity index (χ1n) is 4.94. The quantitative estimate of drug-likeness (QED) is 0.498. The Morgan fingerprint density at radius 2 is 1.82 bits per heavy atom. The monoisotopic (exact) mass is 152 g/mol. The first-order chi connectivity index (χ1) is 4.94. The van der Waals surface area contributed by atoms with Crippen LogP contribution in [0.15, 0.2) is 0 Å². The van der Waals surface area contributed by atoms with Gasteiger partial charge in [-0.3, -0.25) is 0 Å². The summed E-state index contributed by atoms with van der Waals surface area (Å²) in [4.78, 5) is 0. The first-order valence-corrected chi connectivity index (χ1v) is 4.94. The van der Waals surface area contributed by atoms with Crippen LogP contribution >= 0.6 is 0 Å². The summed E-state index contributed by atoms with van der Waals surface area (Å²) in [5.41, 5.74) is 1.32. The maximum absolute atomic E-state index is 2.50. The largest absolute Gasteiger partial charge is 0.0599 e. The van der Waals surface area contributed by atoms with Crippen LogP contribution in [0.3, 0.4) is 0 Å². The summed E-state index contributed by atoms with van der Waals surface area (Å²) >= 11 is 0. The summed E-state index contributed by atoms with van der Waals surface area (Å²) in [7, 11) is 0. The van der Waals surface area contributed by atoms with Gasteiger partial charge in [-0.25, -0.2) is 0 Å². The van der Waals surface area contributed by atoms with Crippen LogP contribution in [0.4, 0.5) is 0 Å². The van der Waals surface area contributed by atoms with Crippen molar-refractivity contribution in [3.8, 4) is 0 Å². The normalized spacial score (nSPS) is 49.1. The highest BCUT2D eigenvalue weighted by atomic mass is 14.7. The van der Waals surface area contributed by atoms with Gasteiger partial charge in [0.2, 0.25) is 0 Å². The second-order valence-electron chi connectivity index (χ2n) is 5.90. The van der Waals surface area contributed by atoms with E-state index in [0.717, 1.165) is 17.3 Å². The van der Waals surface area contributed by atoms with E-state index in [1.807, 2.05) is 0 Å². The molecule has 2 saturated carbocycles. The summed E-state index contributed by atoms with van der Waals surface area (Å²) < 4.78 is 0. The Bertz CT molecular complexity index is 173. The number of rotatable bonds is 0. The number of hydrogen-bond donors (Lipinski definition) is 0. The molecular formula is C11H20. The van der Waals surface area contributed by atoms with E-state index < -0.39 is 0 Å². The molecule has 2 aliphatic rings. The maximum Gasteiger partial charge on any atom is -0.0261 e. The van der Waals surface area contributed by atoms with E-state index in [0.29, 0.717) is 5.41 Å². The first kappa shape index (κ1) is 7.64. The molecule has 0 N–H and O–H groups in total. The average molecular weight is 152 g/mol. The topological polar surface area (TPSA) is 0 Å². The lowest BCUT2D eigenvalue weighted by molar-refractivity contribution is 0.164. The number of hydrogen-bond acceptors (Lipinski definition) is 0. The lowest BCUT2D eigenvalue weighted by atomic mass is 9.72. The molecule has 0 amide bonds.